The number of nitrogens with one attached hydrogen (secondary N) is 2. The van der Waals surface area contributed by atoms with Crippen LogP contribution in [0.1, 0.15) is 29.8 Å². The number of aliphatic hydroxyl groups excluding tert-OH is 2. The highest BCUT2D eigenvalue weighted by molar-refractivity contribution is 7.52. The predicted molar refractivity (Wildman–Crippen MR) is 182 cm³/mol. The van der Waals surface area contributed by atoms with Crippen LogP contribution in [0.15, 0.2) is 73.1 Å². The molecule has 0 bridgehead atoms. The van der Waals surface area contributed by atoms with Gasteiger partial charge in [0, 0.05) is 6.42 Å². The number of carbonyl (C=O) groups excluding carboxylic acids is 2. The largest absolute Gasteiger partial charge is 0.480 e. The monoisotopic (exact) mass is 753 g/mol. The molecular formula is C33H36N7O12P. The van der Waals surface area contributed by atoms with Crippen molar-refractivity contribution in [1.82, 2.24) is 25.0 Å². The number of aromatic nitrogens is 3. The van der Waals surface area contributed by atoms with Crippen LogP contribution in [0.2, 0.25) is 0 Å². The Morgan fingerprint density at radius 1 is 1.11 bits per heavy atom. The van der Waals surface area contributed by atoms with Gasteiger partial charge in [-0.25, -0.2) is 23.7 Å². The average molecular weight is 754 g/mol. The number of esters is 1. The van der Waals surface area contributed by atoms with E-state index in [1.54, 1.807) is 42.5 Å². The number of methoxy groups -OCH3 is 1. The van der Waals surface area contributed by atoms with Crippen molar-refractivity contribution in [2.45, 2.75) is 55.9 Å². The lowest BCUT2D eigenvalue weighted by Crippen LogP contribution is -2.46. The van der Waals surface area contributed by atoms with Crippen LogP contribution in [0.5, 0.6) is 5.75 Å². The van der Waals surface area contributed by atoms with Crippen LogP contribution < -0.4 is 20.7 Å². The summed E-state index contributed by atoms with van der Waals surface area (Å²) in [6.45, 7) is 0.318. The van der Waals surface area contributed by atoms with Gasteiger partial charge >= 0.3 is 25.8 Å². The molecule has 1 aliphatic rings. The molecule has 7 N–H and O–H groups in total. The molecule has 1 fully saturated rings. The fourth-order valence-corrected chi connectivity index (χ4v) is 6.90. The molecule has 1 amide bonds. The van der Waals surface area contributed by atoms with E-state index in [-0.39, 0.29) is 30.3 Å². The Morgan fingerprint density at radius 3 is 2.49 bits per heavy atom. The number of fused-ring (bicyclic) bond motifs is 1. The van der Waals surface area contributed by atoms with Crippen LogP contribution in [0.25, 0.3) is 5.52 Å². The number of aliphatic hydroxyl groups is 2. The topological polar surface area (TPSA) is 279 Å². The van der Waals surface area contributed by atoms with E-state index in [0.717, 1.165) is 7.11 Å². The first kappa shape index (κ1) is 38.6. The first-order chi connectivity index (χ1) is 25.3. The fourth-order valence-electron chi connectivity index (χ4n) is 5.38. The molecule has 19 nitrogen and oxygen atoms in total. The number of hydrogen-bond acceptors (Lipinski definition) is 15. The molecular weight excluding hydrogens is 717 g/mol. The van der Waals surface area contributed by atoms with E-state index in [0.29, 0.717) is 16.6 Å². The van der Waals surface area contributed by atoms with Crippen molar-refractivity contribution in [3.05, 3.63) is 89.9 Å². The highest BCUT2D eigenvalue weighted by Gasteiger charge is 2.57. The van der Waals surface area contributed by atoms with Crippen molar-refractivity contribution in [3.8, 4) is 11.8 Å². The molecule has 5 rings (SSSR count). The Bertz CT molecular complexity index is 2030. The quantitative estimate of drug-likeness (QED) is 0.0743. The minimum absolute atomic E-state index is 0.0626. The molecule has 2 aromatic heterocycles. The number of carboxylic acids is 1. The minimum atomic E-state index is -4.64. The number of aliphatic carboxylic acids is 1. The van der Waals surface area contributed by atoms with Crippen molar-refractivity contribution in [3.63, 3.8) is 0 Å². The Balaban J connectivity index is 1.29. The number of alkyl carbamates (subject to hydrolysis) is 1. The van der Waals surface area contributed by atoms with Crippen LogP contribution in [0, 0.1) is 11.3 Å². The molecule has 20 heteroatoms. The maximum atomic E-state index is 14.1. The number of hydrogen-bond donors (Lipinski definition) is 6. The van der Waals surface area contributed by atoms with Crippen molar-refractivity contribution < 1.29 is 57.5 Å². The molecule has 280 valence electrons. The lowest BCUT2D eigenvalue weighted by molar-refractivity contribution is -0.142. The van der Waals surface area contributed by atoms with Gasteiger partial charge in [-0.1, -0.05) is 42.5 Å². The first-order valence-corrected chi connectivity index (χ1v) is 17.4. The van der Waals surface area contributed by atoms with Crippen molar-refractivity contribution in [1.29, 1.82) is 5.26 Å². The summed E-state index contributed by atoms with van der Waals surface area (Å²) in [6, 6.07) is 16.6. The number of nitrogens with two attached hydrogens (primary N) is 1. The summed E-state index contributed by atoms with van der Waals surface area (Å²) in [5.74, 6) is -2.12. The van der Waals surface area contributed by atoms with Crippen LogP contribution in [-0.4, -0.2) is 91.6 Å². The molecule has 7 atom stereocenters. The number of nitrogens with zero attached hydrogens (tertiary/aromatic N) is 4. The lowest BCUT2D eigenvalue weighted by Gasteiger charge is -2.28. The second-order valence-electron chi connectivity index (χ2n) is 11.9. The maximum Gasteiger partial charge on any atom is 0.459 e. The molecule has 0 saturated carbocycles. The third-order valence-electron chi connectivity index (χ3n) is 8.19. The molecule has 0 aliphatic carbocycles. The number of anilines is 1. The van der Waals surface area contributed by atoms with Gasteiger partial charge in [0.1, 0.15) is 67.3 Å². The number of nitrogen functional groups attached to an aromatic ring is 1. The van der Waals surface area contributed by atoms with Crippen molar-refractivity contribution >= 4 is 37.1 Å². The fraction of sp³-hybridized carbons (Fsp3) is 0.333. The standard InChI is InChI=1S/C33H36N7O12P/c1-19(31(45)48-2)39-53(47,50-17-33(16-34)28(42)26(41)27(51-33)24-12-13-25-29(35)36-18-37-40(24)25)52-22-10-8-20(9-11-22)14-23(30(43)44)38-32(46)49-15-21-6-4-3-5-7-21/h3-13,18-19,23,26-28,41-42H,14-15,17H2,1-2H3,(H,38,46)(H,39,47)(H,43,44)(H2,35,36,37)/t19?,23-,26-,27-,28-,33+,53?/m0/s1. The summed E-state index contributed by atoms with van der Waals surface area (Å²) in [6.07, 6.45) is -4.83. The highest BCUT2D eigenvalue weighted by atomic mass is 31.2. The Kier molecular flexibility index (Phi) is 11.9. The summed E-state index contributed by atoms with van der Waals surface area (Å²) < 4.78 is 42.4. The van der Waals surface area contributed by atoms with Gasteiger partial charge < -0.3 is 45.1 Å². The zero-order valence-electron chi connectivity index (χ0n) is 28.3. The molecule has 2 unspecified atom stereocenters. The molecule has 0 spiro atoms. The second kappa shape index (κ2) is 16.4. The van der Waals surface area contributed by atoms with Gasteiger partial charge in [-0.15, -0.1) is 0 Å². The summed E-state index contributed by atoms with van der Waals surface area (Å²) in [5.41, 5.74) is 5.34. The van der Waals surface area contributed by atoms with Crippen molar-refractivity contribution in [2.75, 3.05) is 19.5 Å². The van der Waals surface area contributed by atoms with E-state index in [4.69, 9.17) is 29.0 Å². The second-order valence-corrected chi connectivity index (χ2v) is 13.6. The van der Waals surface area contributed by atoms with Crippen LogP contribution in [-0.2, 0) is 45.9 Å². The third kappa shape index (κ3) is 8.89. The minimum Gasteiger partial charge on any atom is -0.480 e. The number of rotatable bonds is 15. The number of benzene rings is 2. The van der Waals surface area contributed by atoms with Gasteiger partial charge in [-0.3, -0.25) is 9.32 Å². The molecule has 1 aliphatic heterocycles. The number of amides is 1. The number of carbonyl (C=O) groups is 3. The molecule has 4 aromatic rings. The highest BCUT2D eigenvalue weighted by Crippen LogP contribution is 2.48. The van der Waals surface area contributed by atoms with Crippen LogP contribution in [0.3, 0.4) is 0 Å². The van der Waals surface area contributed by atoms with Gasteiger partial charge in [0.15, 0.2) is 5.82 Å². The summed E-state index contributed by atoms with van der Waals surface area (Å²) in [7, 11) is -3.54. The average Bonchev–Trinajstić information content (AvgIpc) is 3.69. The summed E-state index contributed by atoms with van der Waals surface area (Å²) >= 11 is 0. The van der Waals surface area contributed by atoms with Gasteiger partial charge in [0.05, 0.1) is 12.8 Å². The van der Waals surface area contributed by atoms with E-state index >= 15 is 0 Å². The van der Waals surface area contributed by atoms with Crippen molar-refractivity contribution in [2.24, 2.45) is 0 Å². The van der Waals surface area contributed by atoms with Crippen LogP contribution >= 0.6 is 7.75 Å². The van der Waals surface area contributed by atoms with Gasteiger partial charge in [-0.05, 0) is 42.3 Å². The SMILES string of the molecule is COC(=O)C(C)NP(=O)(OC[C@@]1(C#N)O[C@@H](c2ccc3c(N)ncnn23)[C@H](O)[C@@H]1O)Oc1ccc(C[C@H](NC(=O)OCc2ccccc2)C(=O)O)cc1. The van der Waals surface area contributed by atoms with E-state index < -0.39 is 68.4 Å². The molecule has 1 saturated heterocycles. The molecule has 2 aromatic carbocycles. The third-order valence-corrected chi connectivity index (χ3v) is 9.81. The Hall–Kier alpha value is -5.61. The number of nitriles is 1. The lowest BCUT2D eigenvalue weighted by atomic mass is 9.96. The van der Waals surface area contributed by atoms with E-state index in [9.17, 15) is 39.5 Å². The molecule has 3 heterocycles. The normalized spacial score (nSPS) is 21.8. The first-order valence-electron chi connectivity index (χ1n) is 15.9. The summed E-state index contributed by atoms with van der Waals surface area (Å²) in [4.78, 5) is 40.4. The van der Waals surface area contributed by atoms with E-state index in [2.05, 4.69) is 20.5 Å². The zero-order chi connectivity index (χ0) is 38.3. The maximum absolute atomic E-state index is 14.1. The van der Waals surface area contributed by atoms with Gasteiger partial charge in [-0.2, -0.15) is 15.4 Å². The smallest absolute Gasteiger partial charge is 0.459 e. The van der Waals surface area contributed by atoms with E-state index in [1.165, 1.54) is 48.1 Å². The molecule has 53 heavy (non-hydrogen) atoms. The number of carboxylic acid groups (broad SMARTS) is 1. The summed E-state index contributed by atoms with van der Waals surface area (Å²) in [5, 5.41) is 50.7. The Labute approximate surface area is 301 Å². The van der Waals surface area contributed by atoms with Gasteiger partial charge in [0.2, 0.25) is 5.60 Å². The predicted octanol–water partition coefficient (Wildman–Crippen LogP) is 1.64. The Morgan fingerprint density at radius 2 is 1.83 bits per heavy atom. The van der Waals surface area contributed by atoms with Crippen LogP contribution in [0.4, 0.5) is 10.6 Å². The number of ether oxygens (including phenoxy) is 3. The molecule has 0 radical (unpaired) electrons. The zero-order valence-corrected chi connectivity index (χ0v) is 29.2. The van der Waals surface area contributed by atoms with E-state index in [1.807, 2.05) is 0 Å². The van der Waals surface area contributed by atoms with Gasteiger partial charge in [0.25, 0.3) is 0 Å².